The Bertz CT molecular complexity index is 1250. The van der Waals surface area contributed by atoms with Gasteiger partial charge in [0.2, 0.25) is 5.95 Å². The van der Waals surface area contributed by atoms with Crippen molar-refractivity contribution in [3.05, 3.63) is 78.2 Å². The van der Waals surface area contributed by atoms with Crippen molar-refractivity contribution in [2.75, 3.05) is 11.1 Å². The molecule has 3 heterocycles. The van der Waals surface area contributed by atoms with Crippen molar-refractivity contribution in [1.82, 2.24) is 19.9 Å². The largest absolute Gasteiger partial charge is 0.368 e. The highest BCUT2D eigenvalue weighted by molar-refractivity contribution is 5.93. The molecule has 6 heteroatoms. The Labute approximate surface area is 155 Å². The fourth-order valence-electron chi connectivity index (χ4n) is 3.41. The second-order valence-corrected chi connectivity index (χ2v) is 6.55. The van der Waals surface area contributed by atoms with Crippen LogP contribution in [0.3, 0.4) is 0 Å². The summed E-state index contributed by atoms with van der Waals surface area (Å²) in [7, 11) is 0. The fraction of sp³-hybridized carbons (Fsp3) is 0.0476. The molecular formula is C21H18N6. The third kappa shape index (κ3) is 2.87. The van der Waals surface area contributed by atoms with Crippen molar-refractivity contribution in [2.24, 2.45) is 0 Å². The minimum absolute atomic E-state index is 0.253. The molecule has 0 unspecified atom stereocenters. The van der Waals surface area contributed by atoms with Gasteiger partial charge in [-0.05, 0) is 47.3 Å². The first-order valence-corrected chi connectivity index (χ1v) is 8.77. The molecule has 0 bridgehead atoms. The Morgan fingerprint density at radius 2 is 1.85 bits per heavy atom. The van der Waals surface area contributed by atoms with Gasteiger partial charge in [-0.1, -0.05) is 12.1 Å². The number of rotatable bonds is 4. The topological polar surface area (TPSA) is 95.4 Å². The molecule has 0 fully saturated rings. The van der Waals surface area contributed by atoms with Crippen molar-refractivity contribution in [3.8, 4) is 0 Å². The summed E-state index contributed by atoms with van der Waals surface area (Å²) < 4.78 is 0. The molecule has 2 aromatic carbocycles. The van der Waals surface area contributed by atoms with E-state index < -0.39 is 0 Å². The summed E-state index contributed by atoms with van der Waals surface area (Å²) in [5.41, 5.74) is 11.2. The molecule has 3 aromatic heterocycles. The van der Waals surface area contributed by atoms with Gasteiger partial charge in [0, 0.05) is 52.7 Å². The second-order valence-electron chi connectivity index (χ2n) is 6.55. The minimum atomic E-state index is 0.253. The monoisotopic (exact) mass is 354 g/mol. The highest BCUT2D eigenvalue weighted by Crippen LogP contribution is 2.28. The standard InChI is InChI=1S/C21H18N6/c22-21-25-12-15(11-13-4-5-17-14(10-13)6-8-23-17)20(27-21)26-19-3-1-2-18-16(19)7-9-24-18/h1-10,12,23-24H,11H2,(H3,22,25,26,27). The second kappa shape index (κ2) is 6.17. The summed E-state index contributed by atoms with van der Waals surface area (Å²) in [6.45, 7) is 0. The molecule has 6 nitrogen and oxygen atoms in total. The number of hydrogen-bond acceptors (Lipinski definition) is 4. The van der Waals surface area contributed by atoms with Crippen LogP contribution in [0.15, 0.2) is 67.1 Å². The van der Waals surface area contributed by atoms with E-state index >= 15 is 0 Å². The Morgan fingerprint density at radius 3 is 2.81 bits per heavy atom. The van der Waals surface area contributed by atoms with Gasteiger partial charge >= 0.3 is 0 Å². The number of benzene rings is 2. The number of nitrogens with one attached hydrogen (secondary N) is 3. The quantitative estimate of drug-likeness (QED) is 0.386. The molecule has 0 aliphatic rings. The van der Waals surface area contributed by atoms with Crippen molar-refractivity contribution in [2.45, 2.75) is 6.42 Å². The number of aromatic nitrogens is 4. The van der Waals surface area contributed by atoms with E-state index in [1.54, 1.807) is 6.20 Å². The zero-order valence-corrected chi connectivity index (χ0v) is 14.5. The normalized spacial score (nSPS) is 11.3. The SMILES string of the molecule is Nc1ncc(Cc2ccc3[nH]ccc3c2)c(Nc2cccc3[nH]ccc23)n1. The summed E-state index contributed by atoms with van der Waals surface area (Å²) in [6.07, 6.45) is 6.39. The van der Waals surface area contributed by atoms with Gasteiger partial charge in [0.25, 0.3) is 0 Å². The first-order chi connectivity index (χ1) is 13.3. The van der Waals surface area contributed by atoms with Crippen LogP contribution in [-0.2, 0) is 6.42 Å². The molecule has 0 aliphatic heterocycles. The van der Waals surface area contributed by atoms with Crippen LogP contribution >= 0.6 is 0 Å². The van der Waals surface area contributed by atoms with E-state index in [1.807, 2.05) is 36.7 Å². The zero-order chi connectivity index (χ0) is 18.2. The smallest absolute Gasteiger partial charge is 0.221 e. The molecule has 0 spiro atoms. The lowest BCUT2D eigenvalue weighted by atomic mass is 10.0. The summed E-state index contributed by atoms with van der Waals surface area (Å²) in [5.74, 6) is 0.981. The van der Waals surface area contributed by atoms with Gasteiger partial charge in [-0.2, -0.15) is 4.98 Å². The highest BCUT2D eigenvalue weighted by atomic mass is 15.1. The van der Waals surface area contributed by atoms with E-state index in [-0.39, 0.29) is 5.95 Å². The van der Waals surface area contributed by atoms with Crippen molar-refractivity contribution in [3.63, 3.8) is 0 Å². The van der Waals surface area contributed by atoms with E-state index in [2.05, 4.69) is 49.5 Å². The molecule has 5 rings (SSSR count). The number of H-pyrrole nitrogens is 2. The van der Waals surface area contributed by atoms with Crippen LogP contribution in [0.2, 0.25) is 0 Å². The van der Waals surface area contributed by atoms with Gasteiger partial charge in [-0.25, -0.2) is 4.98 Å². The van der Waals surface area contributed by atoms with Crippen LogP contribution in [0.4, 0.5) is 17.5 Å². The summed E-state index contributed by atoms with van der Waals surface area (Å²) in [6, 6.07) is 16.6. The van der Waals surface area contributed by atoms with Crippen molar-refractivity contribution in [1.29, 1.82) is 0 Å². The van der Waals surface area contributed by atoms with Crippen LogP contribution in [0.1, 0.15) is 11.1 Å². The van der Waals surface area contributed by atoms with Crippen LogP contribution in [0, 0.1) is 0 Å². The van der Waals surface area contributed by atoms with E-state index in [0.717, 1.165) is 33.5 Å². The van der Waals surface area contributed by atoms with Gasteiger partial charge in [0.05, 0.1) is 0 Å². The Morgan fingerprint density at radius 1 is 0.963 bits per heavy atom. The number of fused-ring (bicyclic) bond motifs is 2. The number of nitrogens with two attached hydrogens (primary N) is 1. The maximum atomic E-state index is 5.86. The Balaban J connectivity index is 1.52. The molecule has 0 amide bonds. The first-order valence-electron chi connectivity index (χ1n) is 8.77. The molecule has 132 valence electrons. The molecule has 0 atom stereocenters. The van der Waals surface area contributed by atoms with Gasteiger partial charge in [0.15, 0.2) is 0 Å². The predicted octanol–water partition coefficient (Wildman–Crippen LogP) is 4.36. The molecule has 0 saturated heterocycles. The molecule has 0 saturated carbocycles. The van der Waals surface area contributed by atoms with Crippen molar-refractivity contribution < 1.29 is 0 Å². The molecule has 5 aromatic rings. The Hall–Kier alpha value is -3.80. The molecule has 0 radical (unpaired) electrons. The maximum absolute atomic E-state index is 5.86. The average Bonchev–Trinajstić information content (AvgIpc) is 3.33. The minimum Gasteiger partial charge on any atom is -0.368 e. The molecule has 0 aliphatic carbocycles. The van der Waals surface area contributed by atoms with E-state index in [9.17, 15) is 0 Å². The van der Waals surface area contributed by atoms with Gasteiger partial charge in [-0.3, -0.25) is 0 Å². The third-order valence-electron chi connectivity index (χ3n) is 4.74. The van der Waals surface area contributed by atoms with Crippen LogP contribution in [0.25, 0.3) is 21.8 Å². The number of nitrogens with zero attached hydrogens (tertiary/aromatic N) is 2. The van der Waals surface area contributed by atoms with E-state index in [4.69, 9.17) is 5.73 Å². The predicted molar refractivity (Wildman–Crippen MR) is 109 cm³/mol. The van der Waals surface area contributed by atoms with Gasteiger partial charge in [0.1, 0.15) is 5.82 Å². The third-order valence-corrected chi connectivity index (χ3v) is 4.74. The zero-order valence-electron chi connectivity index (χ0n) is 14.5. The molecule has 27 heavy (non-hydrogen) atoms. The van der Waals surface area contributed by atoms with Crippen molar-refractivity contribution >= 4 is 39.3 Å². The Kier molecular flexibility index (Phi) is 3.53. The number of nitrogen functional groups attached to an aromatic ring is 1. The lowest BCUT2D eigenvalue weighted by Gasteiger charge is -2.12. The number of anilines is 3. The van der Waals surface area contributed by atoms with E-state index in [1.165, 1.54) is 10.9 Å². The first kappa shape index (κ1) is 15.5. The van der Waals surface area contributed by atoms with E-state index in [0.29, 0.717) is 6.42 Å². The maximum Gasteiger partial charge on any atom is 0.221 e. The van der Waals surface area contributed by atoms with Crippen LogP contribution in [-0.4, -0.2) is 19.9 Å². The summed E-state index contributed by atoms with van der Waals surface area (Å²) in [4.78, 5) is 15.1. The molecule has 5 N–H and O–H groups in total. The fourth-order valence-corrected chi connectivity index (χ4v) is 3.41. The lowest BCUT2D eigenvalue weighted by Crippen LogP contribution is -2.05. The van der Waals surface area contributed by atoms with Gasteiger partial charge in [-0.15, -0.1) is 0 Å². The average molecular weight is 354 g/mol. The molecular weight excluding hydrogens is 336 g/mol. The highest BCUT2D eigenvalue weighted by Gasteiger charge is 2.10. The lowest BCUT2D eigenvalue weighted by molar-refractivity contribution is 1.09. The number of aromatic amines is 2. The van der Waals surface area contributed by atoms with Gasteiger partial charge < -0.3 is 21.0 Å². The summed E-state index contributed by atoms with van der Waals surface area (Å²) >= 11 is 0. The summed E-state index contributed by atoms with van der Waals surface area (Å²) in [5, 5.41) is 5.73. The number of hydrogen-bond donors (Lipinski definition) is 4. The van der Waals surface area contributed by atoms with Crippen LogP contribution in [0.5, 0.6) is 0 Å². The van der Waals surface area contributed by atoms with Crippen LogP contribution < -0.4 is 11.1 Å².